The van der Waals surface area contributed by atoms with Crippen LogP contribution in [0.2, 0.25) is 0 Å². The van der Waals surface area contributed by atoms with Crippen LogP contribution >= 0.6 is 0 Å². The number of benzene rings is 1. The maximum atomic E-state index is 12.7. The van der Waals surface area contributed by atoms with Gasteiger partial charge in [0.1, 0.15) is 5.54 Å². The van der Waals surface area contributed by atoms with Gasteiger partial charge in [-0.2, -0.15) is 5.01 Å². The van der Waals surface area contributed by atoms with Gasteiger partial charge in [-0.05, 0) is 37.2 Å². The molecule has 1 aliphatic heterocycles. The average Bonchev–Trinajstić information content (AvgIpc) is 2.88. The molecule has 8 heteroatoms. The molecule has 1 saturated carbocycles. The van der Waals surface area contributed by atoms with Crippen molar-refractivity contribution < 1.29 is 19.2 Å². The summed E-state index contributed by atoms with van der Waals surface area (Å²) in [5, 5.41) is 5.96. The number of imide groups is 1. The average molecular weight is 372 g/mol. The van der Waals surface area contributed by atoms with Crippen molar-refractivity contribution in [3.8, 4) is 0 Å². The molecule has 0 radical (unpaired) electrons. The Bertz CT molecular complexity index is 741. The molecule has 1 spiro atoms. The largest absolute Gasteiger partial charge is 0.347 e. The van der Waals surface area contributed by atoms with Crippen LogP contribution in [0.1, 0.15) is 38.2 Å². The van der Waals surface area contributed by atoms with E-state index in [9.17, 15) is 19.2 Å². The highest BCUT2D eigenvalue weighted by Gasteiger charge is 2.52. The summed E-state index contributed by atoms with van der Waals surface area (Å²) in [6.07, 6.45) is 2.99. The number of hydrazine groups is 1. The number of rotatable bonds is 5. The van der Waals surface area contributed by atoms with Crippen molar-refractivity contribution in [1.82, 2.24) is 21.1 Å². The van der Waals surface area contributed by atoms with Crippen LogP contribution in [0, 0.1) is 5.92 Å². The van der Waals surface area contributed by atoms with E-state index in [-0.39, 0.29) is 18.9 Å². The third-order valence-electron chi connectivity index (χ3n) is 5.18. The molecule has 144 valence electrons. The van der Waals surface area contributed by atoms with Gasteiger partial charge in [0.25, 0.3) is 11.8 Å². The van der Waals surface area contributed by atoms with Gasteiger partial charge in [-0.1, -0.05) is 37.3 Å². The lowest BCUT2D eigenvalue weighted by Gasteiger charge is -2.33. The van der Waals surface area contributed by atoms with Crippen LogP contribution in [0.15, 0.2) is 30.3 Å². The molecule has 0 atom stereocenters. The minimum atomic E-state index is -0.909. The van der Waals surface area contributed by atoms with Crippen molar-refractivity contribution in [3.05, 3.63) is 35.9 Å². The maximum Gasteiger partial charge on any atom is 0.344 e. The van der Waals surface area contributed by atoms with Gasteiger partial charge < -0.3 is 10.6 Å². The summed E-state index contributed by atoms with van der Waals surface area (Å²) in [5.74, 6) is -0.848. The highest BCUT2D eigenvalue weighted by Crippen LogP contribution is 2.35. The Hall–Kier alpha value is -2.90. The predicted octanol–water partition coefficient (Wildman–Crippen LogP) is 0.877. The quantitative estimate of drug-likeness (QED) is 0.667. The molecule has 0 aromatic heterocycles. The van der Waals surface area contributed by atoms with Gasteiger partial charge in [0.05, 0.1) is 13.0 Å². The van der Waals surface area contributed by atoms with Gasteiger partial charge >= 0.3 is 6.03 Å². The first-order chi connectivity index (χ1) is 12.9. The molecule has 3 N–H and O–H groups in total. The number of nitrogens with one attached hydrogen (secondary N) is 3. The Morgan fingerprint density at radius 2 is 1.81 bits per heavy atom. The number of carbonyl (C=O) groups excluding carboxylic acids is 4. The Kier molecular flexibility index (Phi) is 5.43. The van der Waals surface area contributed by atoms with E-state index in [1.807, 2.05) is 30.3 Å². The fraction of sp³-hybridized carbons (Fsp3) is 0.474. The summed E-state index contributed by atoms with van der Waals surface area (Å²) in [7, 11) is 0. The van der Waals surface area contributed by atoms with Crippen LogP contribution in [0.4, 0.5) is 4.79 Å². The molecule has 0 bridgehead atoms. The van der Waals surface area contributed by atoms with Gasteiger partial charge in [0, 0.05) is 0 Å². The molecule has 2 aliphatic rings. The summed E-state index contributed by atoms with van der Waals surface area (Å²) in [4.78, 5) is 48.8. The van der Waals surface area contributed by atoms with Crippen molar-refractivity contribution in [1.29, 1.82) is 0 Å². The fourth-order valence-electron chi connectivity index (χ4n) is 3.50. The maximum absolute atomic E-state index is 12.7. The van der Waals surface area contributed by atoms with E-state index in [2.05, 4.69) is 23.0 Å². The first kappa shape index (κ1) is 18.9. The van der Waals surface area contributed by atoms with Gasteiger partial charge in [0.2, 0.25) is 5.91 Å². The smallest absolute Gasteiger partial charge is 0.344 e. The molecular weight excluding hydrogens is 348 g/mol. The van der Waals surface area contributed by atoms with Gasteiger partial charge in [-0.25, -0.2) is 4.79 Å². The topological polar surface area (TPSA) is 108 Å². The van der Waals surface area contributed by atoms with Crippen molar-refractivity contribution in [2.24, 2.45) is 5.92 Å². The fourth-order valence-corrected chi connectivity index (χ4v) is 3.50. The molecule has 1 saturated heterocycles. The minimum Gasteiger partial charge on any atom is -0.347 e. The van der Waals surface area contributed by atoms with E-state index in [1.165, 1.54) is 0 Å². The molecule has 3 rings (SSSR count). The molecular formula is C19H24N4O4. The lowest BCUT2D eigenvalue weighted by molar-refractivity contribution is -0.140. The van der Waals surface area contributed by atoms with Crippen LogP contribution in [0.3, 0.4) is 0 Å². The summed E-state index contributed by atoms with van der Waals surface area (Å²) < 4.78 is 0. The summed E-state index contributed by atoms with van der Waals surface area (Å²) in [6.45, 7) is 1.80. The van der Waals surface area contributed by atoms with Crippen LogP contribution in [0.25, 0.3) is 0 Å². The van der Waals surface area contributed by atoms with E-state index in [0.717, 1.165) is 23.4 Å². The summed E-state index contributed by atoms with van der Waals surface area (Å²) in [5.41, 5.74) is 2.22. The highest BCUT2D eigenvalue weighted by atomic mass is 16.2. The summed E-state index contributed by atoms with van der Waals surface area (Å²) >= 11 is 0. The van der Waals surface area contributed by atoms with E-state index < -0.39 is 23.4 Å². The standard InChI is InChI=1S/C19H24N4O4/c1-13-7-9-19(10-8-13)17(26)23(18(27)21-19)22-16(25)12-20-15(24)11-14-5-3-2-4-6-14/h2-6,13H,7-12H2,1H3,(H,20,24)(H,21,27)(H,22,25). The molecule has 2 fully saturated rings. The zero-order chi connectivity index (χ0) is 19.4. The van der Waals surface area contributed by atoms with Gasteiger partial charge in [0.15, 0.2) is 0 Å². The molecule has 27 heavy (non-hydrogen) atoms. The zero-order valence-corrected chi connectivity index (χ0v) is 15.3. The monoisotopic (exact) mass is 372 g/mol. The number of carbonyl (C=O) groups is 4. The third-order valence-corrected chi connectivity index (χ3v) is 5.18. The number of hydrogen-bond acceptors (Lipinski definition) is 4. The molecule has 1 heterocycles. The van der Waals surface area contributed by atoms with Crippen LogP contribution in [0.5, 0.6) is 0 Å². The van der Waals surface area contributed by atoms with Crippen molar-refractivity contribution in [2.75, 3.05) is 6.54 Å². The summed E-state index contributed by atoms with van der Waals surface area (Å²) in [6, 6.07) is 8.52. The number of amides is 5. The second kappa shape index (κ2) is 7.77. The lowest BCUT2D eigenvalue weighted by Crippen LogP contribution is -2.52. The highest BCUT2D eigenvalue weighted by molar-refractivity contribution is 6.08. The Morgan fingerprint density at radius 3 is 2.48 bits per heavy atom. The van der Waals surface area contributed by atoms with E-state index >= 15 is 0 Å². The van der Waals surface area contributed by atoms with Crippen LogP contribution in [-0.2, 0) is 20.8 Å². The molecule has 5 amide bonds. The molecule has 1 aliphatic carbocycles. The lowest BCUT2D eigenvalue weighted by atomic mass is 9.77. The van der Waals surface area contributed by atoms with E-state index in [1.54, 1.807) is 0 Å². The van der Waals surface area contributed by atoms with Crippen LogP contribution in [-0.4, -0.2) is 40.8 Å². The predicted molar refractivity (Wildman–Crippen MR) is 97.0 cm³/mol. The van der Waals surface area contributed by atoms with E-state index in [0.29, 0.717) is 18.8 Å². The number of nitrogens with zero attached hydrogens (tertiary/aromatic N) is 1. The van der Waals surface area contributed by atoms with Crippen molar-refractivity contribution in [2.45, 2.75) is 44.6 Å². The SMILES string of the molecule is CC1CCC2(CC1)NC(=O)N(NC(=O)CNC(=O)Cc1ccccc1)C2=O. The molecule has 8 nitrogen and oxygen atoms in total. The first-order valence-electron chi connectivity index (χ1n) is 9.16. The van der Waals surface area contributed by atoms with E-state index in [4.69, 9.17) is 0 Å². The zero-order valence-electron chi connectivity index (χ0n) is 15.3. The number of hydrogen-bond donors (Lipinski definition) is 3. The Balaban J connectivity index is 1.49. The van der Waals surface area contributed by atoms with Gasteiger partial charge in [-0.3, -0.25) is 19.8 Å². The third kappa shape index (κ3) is 4.27. The first-order valence-corrected chi connectivity index (χ1v) is 9.16. The van der Waals surface area contributed by atoms with Crippen molar-refractivity contribution >= 4 is 23.8 Å². The second-order valence-corrected chi connectivity index (χ2v) is 7.31. The number of urea groups is 1. The van der Waals surface area contributed by atoms with Gasteiger partial charge in [-0.15, -0.1) is 0 Å². The van der Waals surface area contributed by atoms with Crippen LogP contribution < -0.4 is 16.1 Å². The Labute approximate surface area is 157 Å². The molecule has 0 unspecified atom stereocenters. The Morgan fingerprint density at radius 1 is 1.15 bits per heavy atom. The van der Waals surface area contributed by atoms with Crippen molar-refractivity contribution in [3.63, 3.8) is 0 Å². The second-order valence-electron chi connectivity index (χ2n) is 7.31. The minimum absolute atomic E-state index is 0.151. The normalized spacial score (nSPS) is 24.6. The molecule has 1 aromatic rings. The molecule has 1 aromatic carbocycles.